The summed E-state index contributed by atoms with van der Waals surface area (Å²) in [7, 11) is 0. The van der Waals surface area contributed by atoms with Crippen molar-refractivity contribution in [2.45, 2.75) is 13.8 Å². The molecular weight excluding hydrogens is 240 g/mol. The maximum Gasteiger partial charge on any atom is 0.194 e. The van der Waals surface area contributed by atoms with E-state index >= 15 is 0 Å². The van der Waals surface area contributed by atoms with Gasteiger partial charge in [-0.3, -0.25) is 4.79 Å². The van der Waals surface area contributed by atoms with Gasteiger partial charge < -0.3 is 0 Å². The van der Waals surface area contributed by atoms with Gasteiger partial charge in [0.05, 0.1) is 0 Å². The Kier molecular flexibility index (Phi) is 3.13. The van der Waals surface area contributed by atoms with E-state index in [1.807, 2.05) is 37.4 Å². The van der Waals surface area contributed by atoms with E-state index in [-0.39, 0.29) is 5.78 Å². The van der Waals surface area contributed by atoms with E-state index in [1.165, 1.54) is 0 Å². The van der Waals surface area contributed by atoms with E-state index < -0.39 is 0 Å². The summed E-state index contributed by atoms with van der Waals surface area (Å²) in [4.78, 5) is 13.2. The molecule has 2 rings (SSSR count). The first-order chi connectivity index (χ1) is 7.59. The minimum Gasteiger partial charge on any atom is -0.289 e. The summed E-state index contributed by atoms with van der Waals surface area (Å²) in [5.74, 6) is 0.0423. The second-order valence-electron chi connectivity index (χ2n) is 3.68. The summed E-state index contributed by atoms with van der Waals surface area (Å²) < 4.78 is 0. The van der Waals surface area contributed by atoms with E-state index in [2.05, 4.69) is 0 Å². The summed E-state index contributed by atoms with van der Waals surface area (Å²) in [5, 5.41) is 2.57. The lowest BCUT2D eigenvalue weighted by atomic mass is 10.0. The Morgan fingerprint density at radius 3 is 2.56 bits per heavy atom. The smallest absolute Gasteiger partial charge is 0.194 e. The third kappa shape index (κ3) is 2.04. The molecule has 0 fully saturated rings. The number of aryl methyl sites for hydroxylation is 2. The Morgan fingerprint density at radius 1 is 1.25 bits per heavy atom. The van der Waals surface area contributed by atoms with Crippen LogP contribution in [-0.4, -0.2) is 5.78 Å². The number of benzene rings is 1. The average molecular weight is 251 g/mol. The highest BCUT2D eigenvalue weighted by molar-refractivity contribution is 7.10. The highest BCUT2D eigenvalue weighted by atomic mass is 35.5. The first-order valence-electron chi connectivity index (χ1n) is 4.94. The lowest BCUT2D eigenvalue weighted by Gasteiger charge is -2.03. The zero-order chi connectivity index (χ0) is 11.7. The maximum atomic E-state index is 12.1. The van der Waals surface area contributed by atoms with Crippen molar-refractivity contribution in [3.05, 3.63) is 56.2 Å². The van der Waals surface area contributed by atoms with Gasteiger partial charge in [0.15, 0.2) is 5.78 Å². The molecule has 16 heavy (non-hydrogen) atoms. The van der Waals surface area contributed by atoms with Crippen LogP contribution in [0.3, 0.4) is 0 Å². The summed E-state index contributed by atoms with van der Waals surface area (Å²) in [6, 6.07) is 7.28. The number of carbonyl (C=O) groups excluding carboxylic acids is 1. The molecule has 0 spiro atoms. The number of hydrogen-bond donors (Lipinski definition) is 0. The van der Waals surface area contributed by atoms with Crippen molar-refractivity contribution in [3.8, 4) is 0 Å². The van der Waals surface area contributed by atoms with Gasteiger partial charge in [-0.15, -0.1) is 11.3 Å². The molecule has 2 aromatic rings. The molecule has 0 amide bonds. The van der Waals surface area contributed by atoms with Crippen LogP contribution in [0, 0.1) is 13.8 Å². The topological polar surface area (TPSA) is 17.1 Å². The van der Waals surface area contributed by atoms with Gasteiger partial charge in [-0.25, -0.2) is 0 Å². The van der Waals surface area contributed by atoms with Crippen LogP contribution in [0.2, 0.25) is 5.02 Å². The van der Waals surface area contributed by atoms with Crippen LogP contribution >= 0.6 is 22.9 Å². The molecule has 1 aromatic carbocycles. The van der Waals surface area contributed by atoms with Crippen molar-refractivity contribution in [3.63, 3.8) is 0 Å². The predicted molar refractivity (Wildman–Crippen MR) is 68.7 cm³/mol. The third-order valence-corrected chi connectivity index (χ3v) is 3.79. The van der Waals surface area contributed by atoms with Gasteiger partial charge in [0.2, 0.25) is 0 Å². The number of halogens is 1. The zero-order valence-corrected chi connectivity index (χ0v) is 10.7. The minimum absolute atomic E-state index is 0.0423. The number of carbonyl (C=O) groups is 1. The molecule has 1 heterocycles. The summed E-state index contributed by atoms with van der Waals surface area (Å²) in [6.45, 7) is 3.88. The normalized spacial score (nSPS) is 10.4. The predicted octanol–water partition coefficient (Wildman–Crippen LogP) is 4.25. The largest absolute Gasteiger partial charge is 0.289 e. The van der Waals surface area contributed by atoms with E-state index in [0.29, 0.717) is 10.6 Å². The fraction of sp³-hybridized carbons (Fsp3) is 0.154. The van der Waals surface area contributed by atoms with E-state index in [1.54, 1.807) is 17.4 Å². The van der Waals surface area contributed by atoms with Crippen LogP contribution in [0.25, 0.3) is 0 Å². The Balaban J connectivity index is 2.42. The molecule has 0 unspecified atom stereocenters. The van der Waals surface area contributed by atoms with Crippen LogP contribution in [-0.2, 0) is 0 Å². The average Bonchev–Trinajstić information content (AvgIpc) is 2.67. The molecule has 82 valence electrons. The molecule has 3 heteroatoms. The molecule has 0 N–H and O–H groups in total. The van der Waals surface area contributed by atoms with Gasteiger partial charge in [0.1, 0.15) is 0 Å². The van der Waals surface area contributed by atoms with Gasteiger partial charge in [-0.05, 0) is 36.9 Å². The molecule has 1 aromatic heterocycles. The summed E-state index contributed by atoms with van der Waals surface area (Å²) in [6.07, 6.45) is 0. The number of rotatable bonds is 2. The van der Waals surface area contributed by atoms with E-state index in [9.17, 15) is 4.79 Å². The van der Waals surface area contributed by atoms with Gasteiger partial charge in [0, 0.05) is 21.0 Å². The van der Waals surface area contributed by atoms with Crippen molar-refractivity contribution in [1.82, 2.24) is 0 Å². The Morgan fingerprint density at radius 2 is 2.00 bits per heavy atom. The van der Waals surface area contributed by atoms with Crippen LogP contribution in [0.5, 0.6) is 0 Å². The van der Waals surface area contributed by atoms with Crippen molar-refractivity contribution in [1.29, 1.82) is 0 Å². The summed E-state index contributed by atoms with van der Waals surface area (Å²) >= 11 is 7.59. The van der Waals surface area contributed by atoms with Gasteiger partial charge in [-0.2, -0.15) is 0 Å². The molecule has 0 saturated carbocycles. The SMILES string of the molecule is Cc1ccc(C(=O)c2ccsc2C)cc1Cl. The fourth-order valence-electron chi connectivity index (χ4n) is 1.51. The second-order valence-corrected chi connectivity index (χ2v) is 5.21. The Hall–Kier alpha value is -1.12. The Bertz CT molecular complexity index is 543. The molecule has 0 aliphatic heterocycles. The first kappa shape index (κ1) is 11.4. The standard InChI is InChI=1S/C13H11ClOS/c1-8-3-4-10(7-12(8)14)13(15)11-5-6-16-9(11)2/h3-7H,1-2H3. The van der Waals surface area contributed by atoms with Gasteiger partial charge >= 0.3 is 0 Å². The lowest BCUT2D eigenvalue weighted by Crippen LogP contribution is -2.01. The van der Waals surface area contributed by atoms with E-state index in [0.717, 1.165) is 16.0 Å². The summed E-state index contributed by atoms with van der Waals surface area (Å²) in [5.41, 5.74) is 2.40. The van der Waals surface area contributed by atoms with Crippen molar-refractivity contribution >= 4 is 28.7 Å². The van der Waals surface area contributed by atoms with Crippen molar-refractivity contribution < 1.29 is 4.79 Å². The highest BCUT2D eigenvalue weighted by Gasteiger charge is 2.13. The fourth-order valence-corrected chi connectivity index (χ4v) is 2.39. The number of ketones is 1. The molecule has 1 nitrogen and oxygen atoms in total. The van der Waals surface area contributed by atoms with Crippen molar-refractivity contribution in [2.75, 3.05) is 0 Å². The van der Waals surface area contributed by atoms with Gasteiger partial charge in [-0.1, -0.05) is 23.7 Å². The van der Waals surface area contributed by atoms with Crippen LogP contribution in [0.4, 0.5) is 0 Å². The molecule has 0 saturated heterocycles. The molecule has 0 atom stereocenters. The lowest BCUT2D eigenvalue weighted by molar-refractivity contribution is 0.103. The number of thiophene rings is 1. The quantitative estimate of drug-likeness (QED) is 0.729. The zero-order valence-electron chi connectivity index (χ0n) is 9.08. The second kappa shape index (κ2) is 4.40. The molecule has 0 aliphatic rings. The van der Waals surface area contributed by atoms with Crippen LogP contribution in [0.1, 0.15) is 26.4 Å². The third-order valence-electron chi connectivity index (χ3n) is 2.54. The molecule has 0 radical (unpaired) electrons. The monoisotopic (exact) mass is 250 g/mol. The number of hydrogen-bond acceptors (Lipinski definition) is 2. The van der Waals surface area contributed by atoms with Crippen molar-refractivity contribution in [2.24, 2.45) is 0 Å². The van der Waals surface area contributed by atoms with Crippen LogP contribution < -0.4 is 0 Å². The minimum atomic E-state index is 0.0423. The van der Waals surface area contributed by atoms with E-state index in [4.69, 9.17) is 11.6 Å². The highest BCUT2D eigenvalue weighted by Crippen LogP contribution is 2.22. The maximum absolute atomic E-state index is 12.1. The molecule has 0 aliphatic carbocycles. The van der Waals surface area contributed by atoms with Crippen LogP contribution in [0.15, 0.2) is 29.6 Å². The first-order valence-corrected chi connectivity index (χ1v) is 6.20. The molecular formula is C13H11ClOS. The Labute approximate surface area is 104 Å². The van der Waals surface area contributed by atoms with Gasteiger partial charge in [0.25, 0.3) is 0 Å². The molecule has 0 bridgehead atoms.